The first-order valence-electron chi connectivity index (χ1n) is 10.2. The number of ether oxygens (including phenoxy) is 1. The number of aryl methyl sites for hydroxylation is 2. The molecule has 142 valence electrons. The molecule has 4 rings (SSSR count). The SMILES string of the molecule is CCOC(=O)c1ccc(N(C)c2cc3c4c(c2)CCCC4(C)CCC3)cc1. The number of rotatable bonds is 4. The highest BCUT2D eigenvalue weighted by molar-refractivity contribution is 5.90. The van der Waals surface area contributed by atoms with Crippen LogP contribution < -0.4 is 4.90 Å². The topological polar surface area (TPSA) is 29.5 Å². The fourth-order valence-electron chi connectivity index (χ4n) is 5.01. The van der Waals surface area contributed by atoms with Crippen LogP contribution in [0.3, 0.4) is 0 Å². The van der Waals surface area contributed by atoms with Crippen LogP contribution in [0, 0.1) is 0 Å². The molecule has 2 aliphatic rings. The number of carbonyl (C=O) groups excluding carboxylic acids is 1. The van der Waals surface area contributed by atoms with Crippen molar-refractivity contribution in [1.29, 1.82) is 0 Å². The van der Waals surface area contributed by atoms with Crippen molar-refractivity contribution >= 4 is 17.3 Å². The van der Waals surface area contributed by atoms with E-state index in [1.54, 1.807) is 16.7 Å². The maximum Gasteiger partial charge on any atom is 0.338 e. The zero-order chi connectivity index (χ0) is 19.0. The average molecular weight is 364 g/mol. The van der Waals surface area contributed by atoms with Crippen LogP contribution in [0.4, 0.5) is 11.4 Å². The van der Waals surface area contributed by atoms with Gasteiger partial charge in [0.25, 0.3) is 0 Å². The largest absolute Gasteiger partial charge is 0.462 e. The molecule has 0 bridgehead atoms. The maximum absolute atomic E-state index is 11.9. The van der Waals surface area contributed by atoms with Gasteiger partial charge in [0.05, 0.1) is 12.2 Å². The Morgan fingerprint density at radius 2 is 1.63 bits per heavy atom. The van der Waals surface area contributed by atoms with E-state index >= 15 is 0 Å². The molecule has 0 aromatic heterocycles. The van der Waals surface area contributed by atoms with Crippen LogP contribution in [0.2, 0.25) is 0 Å². The smallest absolute Gasteiger partial charge is 0.338 e. The molecule has 0 amide bonds. The Morgan fingerprint density at radius 1 is 1.04 bits per heavy atom. The normalized spacial score (nSPS) is 17.1. The lowest BCUT2D eigenvalue weighted by Gasteiger charge is -2.42. The highest BCUT2D eigenvalue weighted by Gasteiger charge is 2.36. The van der Waals surface area contributed by atoms with Crippen LogP contribution in [0.1, 0.15) is 66.6 Å². The first-order chi connectivity index (χ1) is 13.0. The lowest BCUT2D eigenvalue weighted by atomic mass is 9.63. The van der Waals surface area contributed by atoms with Gasteiger partial charge in [0.2, 0.25) is 0 Å². The molecule has 0 radical (unpaired) electrons. The van der Waals surface area contributed by atoms with Crippen molar-refractivity contribution in [2.75, 3.05) is 18.6 Å². The van der Waals surface area contributed by atoms with E-state index in [1.807, 2.05) is 31.2 Å². The zero-order valence-electron chi connectivity index (χ0n) is 16.7. The van der Waals surface area contributed by atoms with E-state index in [9.17, 15) is 4.79 Å². The molecular weight excluding hydrogens is 334 g/mol. The molecule has 0 heterocycles. The van der Waals surface area contributed by atoms with Crippen molar-refractivity contribution in [3.63, 3.8) is 0 Å². The summed E-state index contributed by atoms with van der Waals surface area (Å²) in [5.74, 6) is -0.260. The van der Waals surface area contributed by atoms with E-state index in [2.05, 4.69) is 31.0 Å². The number of esters is 1. The van der Waals surface area contributed by atoms with Gasteiger partial charge in [-0.05, 0) is 104 Å². The lowest BCUT2D eigenvalue weighted by Crippen LogP contribution is -2.32. The molecule has 0 aliphatic heterocycles. The van der Waals surface area contributed by atoms with E-state index in [-0.39, 0.29) is 5.97 Å². The van der Waals surface area contributed by atoms with Crippen LogP contribution in [0.15, 0.2) is 36.4 Å². The molecule has 27 heavy (non-hydrogen) atoms. The molecule has 2 aromatic carbocycles. The van der Waals surface area contributed by atoms with E-state index in [0.717, 1.165) is 5.69 Å². The quantitative estimate of drug-likeness (QED) is 0.666. The number of carbonyl (C=O) groups is 1. The van der Waals surface area contributed by atoms with E-state index in [1.165, 1.54) is 44.2 Å². The summed E-state index contributed by atoms with van der Waals surface area (Å²) in [6, 6.07) is 12.5. The fourth-order valence-corrected chi connectivity index (χ4v) is 5.01. The van der Waals surface area contributed by atoms with Gasteiger partial charge in [0.15, 0.2) is 0 Å². The maximum atomic E-state index is 11.9. The molecule has 3 nitrogen and oxygen atoms in total. The first-order valence-corrected chi connectivity index (χ1v) is 10.2. The van der Waals surface area contributed by atoms with E-state index < -0.39 is 0 Å². The Bertz CT molecular complexity index is 822. The van der Waals surface area contributed by atoms with Crippen LogP contribution in [0.25, 0.3) is 0 Å². The summed E-state index contributed by atoms with van der Waals surface area (Å²) in [5, 5.41) is 0. The molecule has 0 spiro atoms. The van der Waals surface area contributed by atoms with Crippen molar-refractivity contribution in [3.8, 4) is 0 Å². The van der Waals surface area contributed by atoms with Gasteiger partial charge in [-0.1, -0.05) is 6.92 Å². The molecular formula is C24H29NO2. The first kappa shape index (κ1) is 18.1. The predicted molar refractivity (Wildman–Crippen MR) is 110 cm³/mol. The summed E-state index contributed by atoms with van der Waals surface area (Å²) in [7, 11) is 2.11. The van der Waals surface area contributed by atoms with Gasteiger partial charge < -0.3 is 9.64 Å². The van der Waals surface area contributed by atoms with Gasteiger partial charge >= 0.3 is 5.97 Å². The summed E-state index contributed by atoms with van der Waals surface area (Å²) in [6.45, 7) is 4.69. The Balaban J connectivity index is 1.65. The second kappa shape index (κ2) is 7.03. The van der Waals surface area contributed by atoms with Gasteiger partial charge in [-0.25, -0.2) is 4.79 Å². The fraction of sp³-hybridized carbons (Fsp3) is 0.458. The summed E-state index contributed by atoms with van der Waals surface area (Å²) >= 11 is 0. The van der Waals surface area contributed by atoms with Gasteiger partial charge in [-0.3, -0.25) is 0 Å². The number of hydrogen-bond acceptors (Lipinski definition) is 3. The second-order valence-electron chi connectivity index (χ2n) is 8.23. The van der Waals surface area contributed by atoms with Crippen molar-refractivity contribution in [2.45, 2.75) is 57.8 Å². The van der Waals surface area contributed by atoms with E-state index in [0.29, 0.717) is 17.6 Å². The third-order valence-electron chi connectivity index (χ3n) is 6.39. The summed E-state index contributed by atoms with van der Waals surface area (Å²) in [5.41, 5.74) is 8.07. The second-order valence-corrected chi connectivity index (χ2v) is 8.23. The van der Waals surface area contributed by atoms with Crippen LogP contribution in [-0.2, 0) is 23.0 Å². The van der Waals surface area contributed by atoms with Crippen molar-refractivity contribution in [3.05, 3.63) is 58.7 Å². The molecule has 0 atom stereocenters. The van der Waals surface area contributed by atoms with Crippen LogP contribution in [-0.4, -0.2) is 19.6 Å². The van der Waals surface area contributed by atoms with Gasteiger partial charge in [0.1, 0.15) is 0 Å². The minimum absolute atomic E-state index is 0.260. The highest BCUT2D eigenvalue weighted by atomic mass is 16.5. The molecule has 0 N–H and O–H groups in total. The van der Waals surface area contributed by atoms with E-state index in [4.69, 9.17) is 4.74 Å². The van der Waals surface area contributed by atoms with Gasteiger partial charge in [0, 0.05) is 18.4 Å². The van der Waals surface area contributed by atoms with Crippen molar-refractivity contribution in [2.24, 2.45) is 0 Å². The van der Waals surface area contributed by atoms with Crippen LogP contribution >= 0.6 is 0 Å². The minimum atomic E-state index is -0.260. The Hall–Kier alpha value is -2.29. The third kappa shape index (κ3) is 3.24. The number of nitrogens with zero attached hydrogens (tertiary/aromatic N) is 1. The number of anilines is 2. The van der Waals surface area contributed by atoms with Gasteiger partial charge in [-0.2, -0.15) is 0 Å². The average Bonchev–Trinajstić information content (AvgIpc) is 2.67. The monoisotopic (exact) mass is 363 g/mol. The Kier molecular flexibility index (Phi) is 4.71. The number of benzene rings is 2. The summed E-state index contributed by atoms with van der Waals surface area (Å²) in [6.07, 6.45) is 7.65. The van der Waals surface area contributed by atoms with Crippen molar-refractivity contribution < 1.29 is 9.53 Å². The molecule has 2 aromatic rings. The number of hydrogen-bond donors (Lipinski definition) is 0. The highest BCUT2D eigenvalue weighted by Crippen LogP contribution is 2.47. The molecule has 0 saturated heterocycles. The summed E-state index contributed by atoms with van der Waals surface area (Å²) in [4.78, 5) is 14.1. The van der Waals surface area contributed by atoms with Gasteiger partial charge in [-0.15, -0.1) is 0 Å². The summed E-state index contributed by atoms with van der Waals surface area (Å²) < 4.78 is 5.08. The molecule has 2 aliphatic carbocycles. The predicted octanol–water partition coefficient (Wildman–Crippen LogP) is 5.56. The minimum Gasteiger partial charge on any atom is -0.462 e. The molecule has 0 unspecified atom stereocenters. The zero-order valence-corrected chi connectivity index (χ0v) is 16.7. The standard InChI is InChI=1S/C24H29NO2/c1-4-27-23(26)17-9-11-20(12-10-17)25(3)21-15-18-7-5-13-24(2)14-6-8-19(16-21)22(18)24/h9-12,15-16H,4-8,13-14H2,1-3H3. The molecule has 3 heteroatoms. The Labute approximate surface area is 162 Å². The molecule has 0 fully saturated rings. The molecule has 0 saturated carbocycles. The van der Waals surface area contributed by atoms with Crippen molar-refractivity contribution in [1.82, 2.24) is 0 Å². The lowest BCUT2D eigenvalue weighted by molar-refractivity contribution is 0.0526. The Morgan fingerprint density at radius 3 is 2.19 bits per heavy atom. The van der Waals surface area contributed by atoms with Crippen LogP contribution in [0.5, 0.6) is 0 Å². The third-order valence-corrected chi connectivity index (χ3v) is 6.39.